The molecule has 0 radical (unpaired) electrons. The van der Waals surface area contributed by atoms with E-state index in [0.29, 0.717) is 17.3 Å². The second-order valence-electron chi connectivity index (χ2n) is 5.92. The number of rotatable bonds is 3. The predicted molar refractivity (Wildman–Crippen MR) is 79.0 cm³/mol. The van der Waals surface area contributed by atoms with Crippen molar-refractivity contribution in [1.29, 1.82) is 0 Å². The Morgan fingerprint density at radius 1 is 1.21 bits per heavy atom. The van der Waals surface area contributed by atoms with E-state index >= 15 is 0 Å². The van der Waals surface area contributed by atoms with Crippen LogP contribution in [0.4, 0.5) is 11.4 Å². The largest absolute Gasteiger partial charge is 0.397 e. The van der Waals surface area contributed by atoms with Crippen LogP contribution in [0.25, 0.3) is 0 Å². The molecular weight excluding hydrogens is 238 g/mol. The lowest BCUT2D eigenvalue weighted by molar-refractivity contribution is 0.100. The molecule has 0 bridgehead atoms. The Kier molecular flexibility index (Phi) is 3.98. The van der Waals surface area contributed by atoms with Crippen LogP contribution in [0.3, 0.4) is 0 Å². The Morgan fingerprint density at radius 2 is 1.84 bits per heavy atom. The van der Waals surface area contributed by atoms with Crippen molar-refractivity contribution >= 4 is 17.3 Å². The van der Waals surface area contributed by atoms with E-state index in [4.69, 9.17) is 11.5 Å². The molecule has 4 nitrogen and oxygen atoms in total. The molecule has 2 unspecified atom stereocenters. The fourth-order valence-corrected chi connectivity index (χ4v) is 3.12. The number of hydrogen-bond donors (Lipinski definition) is 3. The average Bonchev–Trinajstić information content (AvgIpc) is 2.30. The summed E-state index contributed by atoms with van der Waals surface area (Å²) >= 11 is 0. The highest BCUT2D eigenvalue weighted by atomic mass is 16.1. The highest BCUT2D eigenvalue weighted by molar-refractivity contribution is 5.94. The highest BCUT2D eigenvalue weighted by Crippen LogP contribution is 2.31. The lowest BCUT2D eigenvalue weighted by Crippen LogP contribution is -2.30. The van der Waals surface area contributed by atoms with Crippen LogP contribution >= 0.6 is 0 Å². The second-order valence-corrected chi connectivity index (χ2v) is 5.92. The number of nitrogens with two attached hydrogens (primary N) is 2. The summed E-state index contributed by atoms with van der Waals surface area (Å²) in [5.74, 6) is 1.03. The van der Waals surface area contributed by atoms with Gasteiger partial charge in [-0.1, -0.05) is 13.8 Å². The standard InChI is InChI=1S/C15H23N3O/c1-9-5-10(2)7-12(6-9)18-14-8-11(15(17)19)3-4-13(14)16/h3-4,8-10,12,18H,5-7,16H2,1-2H3,(H2,17,19). The molecule has 0 saturated heterocycles. The van der Waals surface area contributed by atoms with Crippen LogP contribution in [-0.2, 0) is 0 Å². The van der Waals surface area contributed by atoms with Gasteiger partial charge in [0.25, 0.3) is 0 Å². The zero-order valence-electron chi connectivity index (χ0n) is 11.6. The molecule has 0 spiro atoms. The van der Waals surface area contributed by atoms with Gasteiger partial charge in [-0.15, -0.1) is 0 Å². The van der Waals surface area contributed by atoms with Crippen molar-refractivity contribution in [2.24, 2.45) is 17.6 Å². The quantitative estimate of drug-likeness (QED) is 0.731. The van der Waals surface area contributed by atoms with Crippen molar-refractivity contribution in [3.63, 3.8) is 0 Å². The fourth-order valence-electron chi connectivity index (χ4n) is 3.12. The van der Waals surface area contributed by atoms with Crippen LogP contribution in [0.15, 0.2) is 18.2 Å². The Hall–Kier alpha value is -1.71. The van der Waals surface area contributed by atoms with Crippen molar-refractivity contribution in [3.8, 4) is 0 Å². The molecule has 4 heteroatoms. The summed E-state index contributed by atoms with van der Waals surface area (Å²) < 4.78 is 0. The van der Waals surface area contributed by atoms with E-state index in [0.717, 1.165) is 30.4 Å². The number of anilines is 2. The first-order valence-corrected chi connectivity index (χ1v) is 6.91. The number of carbonyl (C=O) groups is 1. The second kappa shape index (κ2) is 5.51. The fraction of sp³-hybridized carbons (Fsp3) is 0.533. The maximum Gasteiger partial charge on any atom is 0.248 e. The minimum atomic E-state index is -0.423. The van der Waals surface area contributed by atoms with Crippen molar-refractivity contribution < 1.29 is 4.79 Å². The molecule has 0 aromatic heterocycles. The summed E-state index contributed by atoms with van der Waals surface area (Å²) in [7, 11) is 0. The number of nitrogens with one attached hydrogen (secondary N) is 1. The number of carbonyl (C=O) groups excluding carboxylic acids is 1. The van der Waals surface area contributed by atoms with Crippen LogP contribution < -0.4 is 16.8 Å². The molecule has 104 valence electrons. The first kappa shape index (κ1) is 13.7. The molecular formula is C15H23N3O. The molecule has 2 rings (SSSR count). The van der Waals surface area contributed by atoms with Crippen LogP contribution in [0.5, 0.6) is 0 Å². The summed E-state index contributed by atoms with van der Waals surface area (Å²) in [5.41, 5.74) is 13.2. The lowest BCUT2D eigenvalue weighted by atomic mass is 9.80. The Labute approximate surface area is 114 Å². The third-order valence-electron chi connectivity index (χ3n) is 3.88. The van der Waals surface area contributed by atoms with Gasteiger partial charge in [-0.3, -0.25) is 4.79 Å². The van der Waals surface area contributed by atoms with Gasteiger partial charge in [-0.25, -0.2) is 0 Å². The first-order chi connectivity index (χ1) is 8.95. The van der Waals surface area contributed by atoms with Gasteiger partial charge >= 0.3 is 0 Å². The summed E-state index contributed by atoms with van der Waals surface area (Å²) in [6.07, 6.45) is 3.57. The van der Waals surface area contributed by atoms with Crippen LogP contribution in [0.1, 0.15) is 43.5 Å². The normalized spacial score (nSPS) is 26.9. The van der Waals surface area contributed by atoms with E-state index in [1.54, 1.807) is 18.2 Å². The van der Waals surface area contributed by atoms with E-state index < -0.39 is 5.91 Å². The zero-order chi connectivity index (χ0) is 14.0. The maximum atomic E-state index is 11.2. The monoisotopic (exact) mass is 261 g/mol. The minimum absolute atomic E-state index is 0.421. The van der Waals surface area contributed by atoms with Crippen LogP contribution in [-0.4, -0.2) is 11.9 Å². The molecule has 1 aliphatic carbocycles. The molecule has 1 fully saturated rings. The molecule has 1 aromatic rings. The molecule has 5 N–H and O–H groups in total. The third kappa shape index (κ3) is 3.40. The van der Waals surface area contributed by atoms with Gasteiger partial charge < -0.3 is 16.8 Å². The Balaban J connectivity index is 2.13. The Morgan fingerprint density at radius 3 is 2.42 bits per heavy atom. The smallest absolute Gasteiger partial charge is 0.248 e. The van der Waals surface area contributed by atoms with Crippen molar-refractivity contribution in [1.82, 2.24) is 0 Å². The molecule has 2 atom stereocenters. The molecule has 0 aliphatic heterocycles. The summed E-state index contributed by atoms with van der Waals surface area (Å²) in [5, 5.41) is 3.47. The third-order valence-corrected chi connectivity index (χ3v) is 3.88. The summed E-state index contributed by atoms with van der Waals surface area (Å²) in [6, 6.07) is 5.57. The Bertz CT molecular complexity index is 462. The van der Waals surface area contributed by atoms with Crippen molar-refractivity contribution in [2.75, 3.05) is 11.1 Å². The van der Waals surface area contributed by atoms with Gasteiger partial charge in [0, 0.05) is 11.6 Å². The van der Waals surface area contributed by atoms with Crippen molar-refractivity contribution in [3.05, 3.63) is 23.8 Å². The number of benzene rings is 1. The van der Waals surface area contributed by atoms with Crippen molar-refractivity contribution in [2.45, 2.75) is 39.2 Å². The van der Waals surface area contributed by atoms with Gasteiger partial charge in [-0.2, -0.15) is 0 Å². The lowest BCUT2D eigenvalue weighted by Gasteiger charge is -2.33. The summed E-state index contributed by atoms with van der Waals surface area (Å²) in [6.45, 7) is 4.57. The SMILES string of the molecule is CC1CC(C)CC(Nc2cc(C(N)=O)ccc2N)C1. The van der Waals surface area contributed by atoms with Gasteiger partial charge in [0.1, 0.15) is 0 Å². The van der Waals surface area contributed by atoms with Gasteiger partial charge in [0.2, 0.25) is 5.91 Å². The molecule has 19 heavy (non-hydrogen) atoms. The predicted octanol–water partition coefficient (Wildman–Crippen LogP) is 2.60. The first-order valence-electron chi connectivity index (χ1n) is 6.91. The molecule has 1 amide bonds. The number of hydrogen-bond acceptors (Lipinski definition) is 3. The minimum Gasteiger partial charge on any atom is -0.397 e. The molecule has 0 heterocycles. The van der Waals surface area contributed by atoms with Gasteiger partial charge in [-0.05, 0) is 49.3 Å². The van der Waals surface area contributed by atoms with E-state index in [9.17, 15) is 4.79 Å². The van der Waals surface area contributed by atoms with Crippen LogP contribution in [0, 0.1) is 11.8 Å². The van der Waals surface area contributed by atoms with E-state index in [1.807, 2.05) is 0 Å². The zero-order valence-corrected chi connectivity index (χ0v) is 11.6. The molecule has 1 aromatic carbocycles. The average molecular weight is 261 g/mol. The van der Waals surface area contributed by atoms with E-state index in [-0.39, 0.29) is 0 Å². The molecule has 1 aliphatic rings. The van der Waals surface area contributed by atoms with E-state index in [2.05, 4.69) is 19.2 Å². The maximum absolute atomic E-state index is 11.2. The number of primary amides is 1. The number of amides is 1. The topological polar surface area (TPSA) is 81.1 Å². The highest BCUT2D eigenvalue weighted by Gasteiger charge is 2.24. The van der Waals surface area contributed by atoms with E-state index in [1.165, 1.54) is 6.42 Å². The number of nitrogen functional groups attached to an aromatic ring is 1. The van der Waals surface area contributed by atoms with Gasteiger partial charge in [0.15, 0.2) is 0 Å². The van der Waals surface area contributed by atoms with Gasteiger partial charge in [0.05, 0.1) is 11.4 Å². The molecule has 1 saturated carbocycles. The van der Waals surface area contributed by atoms with Crippen LogP contribution in [0.2, 0.25) is 0 Å². The summed E-state index contributed by atoms with van der Waals surface area (Å²) in [4.78, 5) is 11.2.